The van der Waals surface area contributed by atoms with Crippen molar-refractivity contribution in [2.75, 3.05) is 13.2 Å². The number of aliphatic hydroxyl groups is 1. The second kappa shape index (κ2) is 17.6. The Kier molecular flexibility index (Phi) is 16.4. The van der Waals surface area contributed by atoms with Crippen molar-refractivity contribution >= 4 is 16.1 Å². The maximum absolute atomic E-state index is 11.0. The fourth-order valence-electron chi connectivity index (χ4n) is 3.84. The smallest absolute Gasteiger partial charge is 0.394 e. The molecule has 8 heteroatoms. The molecule has 0 saturated carbocycles. The van der Waals surface area contributed by atoms with Crippen molar-refractivity contribution in [2.24, 2.45) is 0 Å². The summed E-state index contributed by atoms with van der Waals surface area (Å²) in [6, 6.07) is -0.765. The molecule has 2 unspecified atom stereocenters. The van der Waals surface area contributed by atoms with Crippen LogP contribution >= 0.6 is 8.25 Å². The lowest BCUT2D eigenvalue weighted by Crippen LogP contribution is -2.37. The van der Waals surface area contributed by atoms with E-state index in [1.54, 1.807) is 0 Å². The Morgan fingerprint density at radius 2 is 1.34 bits per heavy atom. The molecule has 168 valence electrons. The van der Waals surface area contributed by atoms with E-state index < -0.39 is 32.6 Å². The maximum atomic E-state index is 11.0. The molecule has 1 heterocycles. The zero-order valence-electron chi connectivity index (χ0n) is 18.2. The van der Waals surface area contributed by atoms with Crippen molar-refractivity contribution in [2.45, 2.75) is 121 Å². The second-order valence-electron chi connectivity index (χ2n) is 8.06. The third-order valence-corrected chi connectivity index (χ3v) is 5.97. The molecule has 0 aliphatic carbocycles. The molecular weight excluding hydrogens is 390 g/mol. The molecule has 0 spiro atoms. The quantitative estimate of drug-likeness (QED) is 0.174. The van der Waals surface area contributed by atoms with Crippen molar-refractivity contribution in [1.82, 2.24) is 0 Å². The topological polar surface area (TPSA) is 85.2 Å². The van der Waals surface area contributed by atoms with Gasteiger partial charge in [0.15, 0.2) is 6.10 Å². The van der Waals surface area contributed by atoms with Crippen molar-refractivity contribution in [3.8, 4) is 0 Å². The Balaban J connectivity index is 1.96. The van der Waals surface area contributed by atoms with Crippen LogP contribution in [0.25, 0.3) is 0 Å². The normalized spacial score (nSPS) is 24.9. The lowest BCUT2D eigenvalue weighted by Gasteiger charge is -2.18. The third-order valence-electron chi connectivity index (χ3n) is 5.55. The van der Waals surface area contributed by atoms with Crippen molar-refractivity contribution in [3.63, 3.8) is 0 Å². The molecule has 0 amide bonds. The van der Waals surface area contributed by atoms with E-state index in [2.05, 4.69) is 6.92 Å². The van der Waals surface area contributed by atoms with Crippen LogP contribution in [0.5, 0.6) is 0 Å². The lowest BCUT2D eigenvalue weighted by atomic mass is 9.93. The summed E-state index contributed by atoms with van der Waals surface area (Å²) in [5.41, 5.74) is 0. The first-order valence-electron chi connectivity index (χ1n) is 11.6. The maximum Gasteiger partial charge on any atom is 0.695 e. The van der Waals surface area contributed by atoms with Gasteiger partial charge in [-0.3, -0.25) is 0 Å². The number of unbranched alkanes of at least 4 members (excludes halogenated alkanes) is 13. The highest BCUT2D eigenvalue weighted by Crippen LogP contribution is 2.31. The van der Waals surface area contributed by atoms with Crippen LogP contribution in [0, 0.1) is 0 Å². The summed E-state index contributed by atoms with van der Waals surface area (Å²) in [7, 11) is 3.05. The molecule has 1 fully saturated rings. The first-order chi connectivity index (χ1) is 14.1. The third kappa shape index (κ3) is 12.4. The van der Waals surface area contributed by atoms with Crippen LogP contribution in [0.15, 0.2) is 0 Å². The molecule has 1 rings (SSSR count). The molecular formula is C21H41BO6P+. The number of hydrogen-bond donors (Lipinski definition) is 2. The fourth-order valence-corrected chi connectivity index (χ4v) is 4.30. The van der Waals surface area contributed by atoms with E-state index in [9.17, 15) is 9.67 Å². The van der Waals surface area contributed by atoms with Crippen LogP contribution in [0.3, 0.4) is 0 Å². The minimum absolute atomic E-state index is 0.333. The van der Waals surface area contributed by atoms with Gasteiger partial charge in [0.05, 0.1) is 6.61 Å². The van der Waals surface area contributed by atoms with E-state index in [1.165, 1.54) is 77.0 Å². The predicted molar refractivity (Wildman–Crippen MR) is 116 cm³/mol. The molecule has 2 N–H and O–H groups in total. The number of ether oxygens (including phenoxy) is 2. The Morgan fingerprint density at radius 3 is 1.79 bits per heavy atom. The van der Waals surface area contributed by atoms with E-state index >= 15 is 0 Å². The van der Waals surface area contributed by atoms with Crippen LogP contribution < -0.4 is 0 Å². The van der Waals surface area contributed by atoms with Crippen LogP contribution in [-0.2, 0) is 18.6 Å². The Hall–Kier alpha value is -0.0351. The molecule has 0 aromatic carbocycles. The SMILES string of the molecule is [B][C@@H]1O[C@H](CO)C(O[P+](=O)O)[C@@H]1OCCCCCCCCCCCCCCCC. The van der Waals surface area contributed by atoms with Gasteiger partial charge in [0.25, 0.3) is 0 Å². The van der Waals surface area contributed by atoms with Gasteiger partial charge in [0.2, 0.25) is 0 Å². The Labute approximate surface area is 179 Å². The van der Waals surface area contributed by atoms with Gasteiger partial charge in [0.1, 0.15) is 20.1 Å². The van der Waals surface area contributed by atoms with Gasteiger partial charge in [0, 0.05) is 17.2 Å². The first-order valence-corrected chi connectivity index (χ1v) is 12.7. The van der Waals surface area contributed by atoms with Gasteiger partial charge in [-0.15, -0.1) is 9.42 Å². The summed E-state index contributed by atoms with van der Waals surface area (Å²) >= 11 is 0. The van der Waals surface area contributed by atoms with Crippen LogP contribution in [0.4, 0.5) is 0 Å². The van der Waals surface area contributed by atoms with Gasteiger partial charge in [-0.2, -0.15) is 0 Å². The molecule has 6 nitrogen and oxygen atoms in total. The van der Waals surface area contributed by atoms with Crippen LogP contribution in [0.2, 0.25) is 0 Å². The number of aliphatic hydroxyl groups excluding tert-OH is 1. The molecule has 0 aromatic heterocycles. The van der Waals surface area contributed by atoms with Crippen LogP contribution in [-0.4, -0.2) is 55.4 Å². The zero-order valence-corrected chi connectivity index (χ0v) is 19.1. The van der Waals surface area contributed by atoms with Gasteiger partial charge in [-0.05, 0) is 6.42 Å². The summed E-state index contributed by atoms with van der Waals surface area (Å²) in [4.78, 5) is 8.99. The summed E-state index contributed by atoms with van der Waals surface area (Å²) in [5, 5.41) is 9.30. The molecule has 5 atom stereocenters. The highest BCUT2D eigenvalue weighted by atomic mass is 31.1. The van der Waals surface area contributed by atoms with E-state index in [0.717, 1.165) is 12.8 Å². The van der Waals surface area contributed by atoms with Gasteiger partial charge >= 0.3 is 8.25 Å². The molecule has 1 saturated heterocycles. The summed E-state index contributed by atoms with van der Waals surface area (Å²) in [5.74, 6) is 0. The largest absolute Gasteiger partial charge is 0.695 e. The first kappa shape index (κ1) is 27.0. The minimum Gasteiger partial charge on any atom is -0.394 e. The molecule has 2 radical (unpaired) electrons. The molecule has 0 aromatic rings. The molecule has 29 heavy (non-hydrogen) atoms. The Bertz CT molecular complexity index is 415. The highest BCUT2D eigenvalue weighted by Gasteiger charge is 2.48. The van der Waals surface area contributed by atoms with E-state index in [-0.39, 0.29) is 6.61 Å². The van der Waals surface area contributed by atoms with Gasteiger partial charge < -0.3 is 14.6 Å². The van der Waals surface area contributed by atoms with Crippen molar-refractivity contribution in [3.05, 3.63) is 0 Å². The number of rotatable bonds is 19. The lowest BCUT2D eigenvalue weighted by molar-refractivity contribution is -0.0176. The average Bonchev–Trinajstić information content (AvgIpc) is 2.99. The zero-order chi connectivity index (χ0) is 21.3. The fraction of sp³-hybridized carbons (Fsp3) is 1.00. The van der Waals surface area contributed by atoms with Crippen molar-refractivity contribution < 1.29 is 28.6 Å². The van der Waals surface area contributed by atoms with E-state index in [1.807, 2.05) is 0 Å². The summed E-state index contributed by atoms with van der Waals surface area (Å²) in [6.07, 6.45) is 15.9. The summed E-state index contributed by atoms with van der Waals surface area (Å²) < 4.78 is 27.0. The highest BCUT2D eigenvalue weighted by molar-refractivity contribution is 7.32. The minimum atomic E-state index is -2.80. The van der Waals surface area contributed by atoms with E-state index in [0.29, 0.717) is 6.61 Å². The predicted octanol–water partition coefficient (Wildman–Crippen LogP) is 4.77. The van der Waals surface area contributed by atoms with E-state index in [4.69, 9.17) is 26.7 Å². The van der Waals surface area contributed by atoms with Crippen molar-refractivity contribution in [1.29, 1.82) is 0 Å². The average molecular weight is 431 g/mol. The second-order valence-corrected chi connectivity index (χ2v) is 8.75. The number of hydrogen-bond acceptors (Lipinski definition) is 5. The standard InChI is InChI=1S/C21H40BO6P/c1-2-3-4-5-6-7-8-9-10-11-12-13-14-15-16-26-20-19(28-29(24)25)18(17-23)27-21(20)22/h18-21,23H,2-17H2,1H3/p+1/t18-,19?,20+,21-/m1/s1. The van der Waals surface area contributed by atoms with Gasteiger partial charge in [-0.25, -0.2) is 0 Å². The monoisotopic (exact) mass is 431 g/mol. The Morgan fingerprint density at radius 1 is 0.862 bits per heavy atom. The molecule has 0 bridgehead atoms. The summed E-state index contributed by atoms with van der Waals surface area (Å²) in [6.45, 7) is 2.43. The molecule has 1 aliphatic heterocycles. The molecule has 1 aliphatic rings. The van der Waals surface area contributed by atoms with Gasteiger partial charge in [-0.1, -0.05) is 90.4 Å². The van der Waals surface area contributed by atoms with Crippen LogP contribution in [0.1, 0.15) is 96.8 Å².